The largest absolute Gasteiger partial charge is 0.313 e. The molecule has 144 valence electrons. The smallest absolute Gasteiger partial charge is 0.252 e. The number of para-hydroxylation sites is 1. The van der Waals surface area contributed by atoms with Gasteiger partial charge in [-0.3, -0.25) is 24.6 Å². The number of imide groups is 1. The number of carbonyl (C=O) groups excluding carboxylic acids is 3. The van der Waals surface area contributed by atoms with Crippen LogP contribution in [0.15, 0.2) is 24.3 Å². The second-order valence-corrected chi connectivity index (χ2v) is 8.85. The van der Waals surface area contributed by atoms with Gasteiger partial charge in [0.15, 0.2) is 0 Å². The van der Waals surface area contributed by atoms with Gasteiger partial charge in [-0.05, 0) is 38.3 Å². The molecule has 0 saturated carbocycles. The lowest BCUT2D eigenvalue weighted by Gasteiger charge is -2.31. The maximum atomic E-state index is 13.5. The second-order valence-electron chi connectivity index (χ2n) is 7.87. The van der Waals surface area contributed by atoms with Crippen LogP contribution in [-0.2, 0) is 19.9 Å². The molecule has 0 aromatic heterocycles. The summed E-state index contributed by atoms with van der Waals surface area (Å²) in [6.45, 7) is 3.70. The summed E-state index contributed by atoms with van der Waals surface area (Å²) in [7, 11) is 1.74. The van der Waals surface area contributed by atoms with E-state index in [9.17, 15) is 14.4 Å². The van der Waals surface area contributed by atoms with Crippen molar-refractivity contribution < 1.29 is 14.4 Å². The Labute approximate surface area is 163 Å². The molecule has 7 heteroatoms. The zero-order chi connectivity index (χ0) is 19.5. The normalized spacial score (nSPS) is 32.2. The van der Waals surface area contributed by atoms with E-state index >= 15 is 0 Å². The quantitative estimate of drug-likeness (QED) is 0.795. The van der Waals surface area contributed by atoms with Gasteiger partial charge < -0.3 is 4.90 Å². The number of anilines is 1. The van der Waals surface area contributed by atoms with E-state index in [0.29, 0.717) is 0 Å². The van der Waals surface area contributed by atoms with Crippen LogP contribution in [0.25, 0.3) is 0 Å². The molecule has 0 aliphatic carbocycles. The van der Waals surface area contributed by atoms with Crippen molar-refractivity contribution in [2.75, 3.05) is 24.0 Å². The Kier molecular flexibility index (Phi) is 4.35. The van der Waals surface area contributed by atoms with Crippen molar-refractivity contribution >= 4 is 35.2 Å². The molecule has 0 unspecified atom stereocenters. The van der Waals surface area contributed by atoms with Gasteiger partial charge in [-0.15, -0.1) is 0 Å². The molecule has 3 amide bonds. The summed E-state index contributed by atoms with van der Waals surface area (Å²) in [5.41, 5.74) is 0.476. The molecule has 1 aromatic carbocycles. The summed E-state index contributed by atoms with van der Waals surface area (Å²) in [5.74, 6) is -0.815. The third-order valence-electron chi connectivity index (χ3n) is 6.18. The van der Waals surface area contributed by atoms with Crippen molar-refractivity contribution in [2.24, 2.45) is 11.8 Å². The van der Waals surface area contributed by atoms with Crippen molar-refractivity contribution in [1.82, 2.24) is 10.2 Å². The lowest BCUT2D eigenvalue weighted by molar-refractivity contribution is -0.144. The van der Waals surface area contributed by atoms with Crippen LogP contribution in [0, 0.1) is 11.8 Å². The SMILES string of the molecule is CSCC[C@@H]1N[C@@]2(C(=O)N(C)c3ccccc32)[C@@H]2C(=O)N(C(C)C)C(=O)[C@@H]12. The van der Waals surface area contributed by atoms with Crippen LogP contribution in [0.1, 0.15) is 25.8 Å². The average Bonchev–Trinajstić information content (AvgIpc) is 3.20. The number of benzene rings is 1. The van der Waals surface area contributed by atoms with E-state index in [1.165, 1.54) is 4.90 Å². The molecule has 3 aliphatic rings. The predicted molar refractivity (Wildman–Crippen MR) is 105 cm³/mol. The maximum Gasteiger partial charge on any atom is 0.252 e. The van der Waals surface area contributed by atoms with E-state index in [1.54, 1.807) is 23.7 Å². The second kappa shape index (κ2) is 6.34. The molecule has 3 aliphatic heterocycles. The van der Waals surface area contributed by atoms with Gasteiger partial charge in [0.05, 0.1) is 11.8 Å². The molecule has 1 aromatic rings. The highest BCUT2D eigenvalue weighted by atomic mass is 32.2. The first-order chi connectivity index (χ1) is 12.9. The molecule has 0 bridgehead atoms. The first-order valence-electron chi connectivity index (χ1n) is 9.37. The predicted octanol–water partition coefficient (Wildman–Crippen LogP) is 1.59. The van der Waals surface area contributed by atoms with E-state index in [2.05, 4.69) is 5.32 Å². The monoisotopic (exact) mass is 387 g/mol. The molecule has 1 spiro atoms. The highest BCUT2D eigenvalue weighted by molar-refractivity contribution is 7.98. The minimum absolute atomic E-state index is 0.142. The Bertz CT molecular complexity index is 826. The van der Waals surface area contributed by atoms with E-state index < -0.39 is 17.4 Å². The number of nitrogens with one attached hydrogen (secondary N) is 1. The van der Waals surface area contributed by atoms with Gasteiger partial charge in [-0.1, -0.05) is 18.2 Å². The van der Waals surface area contributed by atoms with Crippen molar-refractivity contribution in [3.8, 4) is 0 Å². The summed E-state index contributed by atoms with van der Waals surface area (Å²) in [6.07, 6.45) is 2.77. The molecule has 6 nitrogen and oxygen atoms in total. The van der Waals surface area contributed by atoms with Gasteiger partial charge in [0.2, 0.25) is 11.8 Å². The topological polar surface area (TPSA) is 69.7 Å². The average molecular weight is 388 g/mol. The Morgan fingerprint density at radius 3 is 2.56 bits per heavy atom. The van der Waals surface area contributed by atoms with Crippen LogP contribution in [0.5, 0.6) is 0 Å². The van der Waals surface area contributed by atoms with E-state index in [4.69, 9.17) is 0 Å². The number of likely N-dealkylation sites (N-methyl/N-ethyl adjacent to an activating group) is 1. The summed E-state index contributed by atoms with van der Waals surface area (Å²) >= 11 is 1.70. The molecular formula is C20H25N3O3S. The van der Waals surface area contributed by atoms with Crippen LogP contribution >= 0.6 is 11.8 Å². The number of hydrogen-bond acceptors (Lipinski definition) is 5. The van der Waals surface area contributed by atoms with Crippen molar-refractivity contribution in [2.45, 2.75) is 37.9 Å². The Morgan fingerprint density at radius 1 is 1.19 bits per heavy atom. The van der Waals surface area contributed by atoms with Crippen molar-refractivity contribution in [1.29, 1.82) is 0 Å². The minimum atomic E-state index is -1.14. The van der Waals surface area contributed by atoms with E-state index in [-0.39, 0.29) is 29.8 Å². The number of carbonyl (C=O) groups is 3. The summed E-state index contributed by atoms with van der Waals surface area (Å²) in [5, 5.41) is 3.49. The fourth-order valence-electron chi connectivity index (χ4n) is 5.08. The van der Waals surface area contributed by atoms with Gasteiger partial charge in [0, 0.05) is 30.4 Å². The third-order valence-corrected chi connectivity index (χ3v) is 6.82. The lowest BCUT2D eigenvalue weighted by atomic mass is 9.76. The zero-order valence-electron chi connectivity index (χ0n) is 16.1. The Morgan fingerprint density at radius 2 is 1.89 bits per heavy atom. The number of amides is 3. The standard InChI is InChI=1S/C20H25N3O3S/c1-11(2)23-17(24)15-13(9-10-27-4)21-20(16(15)18(23)25)12-7-5-6-8-14(12)22(3)19(20)26/h5-8,11,13,15-16,21H,9-10H2,1-4H3/t13-,15-,16-,20+/m0/s1. The summed E-state index contributed by atoms with van der Waals surface area (Å²) < 4.78 is 0. The maximum absolute atomic E-state index is 13.5. The molecule has 4 atom stereocenters. The fourth-order valence-corrected chi connectivity index (χ4v) is 5.57. The van der Waals surface area contributed by atoms with Gasteiger partial charge >= 0.3 is 0 Å². The first-order valence-corrected chi connectivity index (χ1v) is 10.8. The number of rotatable bonds is 4. The van der Waals surface area contributed by atoms with Gasteiger partial charge in [0.1, 0.15) is 5.54 Å². The Hall–Kier alpha value is -1.86. The molecule has 4 rings (SSSR count). The van der Waals surface area contributed by atoms with Crippen LogP contribution in [0.2, 0.25) is 0 Å². The van der Waals surface area contributed by atoms with Crippen LogP contribution in [-0.4, -0.2) is 53.8 Å². The minimum Gasteiger partial charge on any atom is -0.313 e. The molecule has 2 saturated heterocycles. The third kappa shape index (κ3) is 2.27. The molecule has 1 N–H and O–H groups in total. The van der Waals surface area contributed by atoms with Crippen molar-refractivity contribution in [3.05, 3.63) is 29.8 Å². The highest BCUT2D eigenvalue weighted by Gasteiger charge is 2.71. The van der Waals surface area contributed by atoms with E-state index in [0.717, 1.165) is 23.4 Å². The lowest BCUT2D eigenvalue weighted by Crippen LogP contribution is -2.55. The highest BCUT2D eigenvalue weighted by Crippen LogP contribution is 2.54. The molecular weight excluding hydrogens is 362 g/mol. The first kappa shape index (κ1) is 18.5. The van der Waals surface area contributed by atoms with Gasteiger partial charge in [-0.2, -0.15) is 11.8 Å². The van der Waals surface area contributed by atoms with Crippen LogP contribution in [0.4, 0.5) is 5.69 Å². The van der Waals surface area contributed by atoms with Gasteiger partial charge in [-0.25, -0.2) is 0 Å². The number of hydrogen-bond donors (Lipinski definition) is 1. The number of fused-ring (bicyclic) bond motifs is 4. The van der Waals surface area contributed by atoms with Crippen LogP contribution in [0.3, 0.4) is 0 Å². The molecule has 2 fully saturated rings. The molecule has 3 heterocycles. The Balaban J connectivity index is 1.88. The fraction of sp³-hybridized carbons (Fsp3) is 0.550. The molecule has 0 radical (unpaired) electrons. The summed E-state index contributed by atoms with van der Waals surface area (Å²) in [4.78, 5) is 43.0. The summed E-state index contributed by atoms with van der Waals surface area (Å²) in [6, 6.07) is 7.19. The van der Waals surface area contributed by atoms with Crippen LogP contribution < -0.4 is 10.2 Å². The van der Waals surface area contributed by atoms with Gasteiger partial charge in [0.25, 0.3) is 5.91 Å². The molecule has 27 heavy (non-hydrogen) atoms. The number of likely N-dealkylation sites (tertiary alicyclic amines) is 1. The van der Waals surface area contributed by atoms with Crippen molar-refractivity contribution in [3.63, 3.8) is 0 Å². The zero-order valence-corrected chi connectivity index (χ0v) is 16.9. The van der Waals surface area contributed by atoms with E-state index in [1.807, 2.05) is 44.4 Å². The number of thioether (sulfide) groups is 1. The number of nitrogens with zero attached hydrogens (tertiary/aromatic N) is 2.